The first kappa shape index (κ1) is 24.0. The number of rotatable bonds is 7. The zero-order valence-electron chi connectivity index (χ0n) is 17.8. The number of fused-ring (bicyclic) bond motifs is 2. The van der Waals surface area contributed by atoms with Gasteiger partial charge in [-0.15, -0.1) is 11.3 Å². The summed E-state index contributed by atoms with van der Waals surface area (Å²) in [5.41, 5.74) is 0.917. The number of aryl methyl sites for hydroxylation is 2. The SMILES string of the molecule is Cc1nc2ccc(C=CCS(=O)(=O)n3c(CCC(=O)O)cc4cc(C(F)(F)F)ccc43)cc2s1. The van der Waals surface area contributed by atoms with Crippen molar-refractivity contribution in [3.63, 3.8) is 0 Å². The number of carboxylic acids is 1. The number of hydrogen-bond acceptors (Lipinski definition) is 5. The van der Waals surface area contributed by atoms with Crippen LogP contribution >= 0.6 is 11.3 Å². The molecule has 0 spiro atoms. The molecule has 178 valence electrons. The van der Waals surface area contributed by atoms with Crippen LogP contribution in [0.3, 0.4) is 0 Å². The van der Waals surface area contributed by atoms with Crippen LogP contribution in [-0.2, 0) is 27.4 Å². The summed E-state index contributed by atoms with van der Waals surface area (Å²) in [7, 11) is -4.03. The Hall–Kier alpha value is -3.18. The van der Waals surface area contributed by atoms with Crippen molar-refractivity contribution in [3.05, 3.63) is 70.4 Å². The fourth-order valence-corrected chi connectivity index (χ4v) is 6.03. The van der Waals surface area contributed by atoms with Crippen LogP contribution in [0, 0.1) is 6.92 Å². The van der Waals surface area contributed by atoms with Gasteiger partial charge in [-0.25, -0.2) is 17.4 Å². The van der Waals surface area contributed by atoms with E-state index in [4.69, 9.17) is 5.11 Å². The van der Waals surface area contributed by atoms with Gasteiger partial charge in [0.2, 0.25) is 10.0 Å². The number of benzene rings is 2. The molecule has 0 saturated carbocycles. The Bertz CT molecular complexity index is 1530. The number of alkyl halides is 3. The van der Waals surface area contributed by atoms with Gasteiger partial charge in [0, 0.05) is 11.1 Å². The fourth-order valence-electron chi connectivity index (χ4n) is 3.70. The second kappa shape index (κ2) is 8.88. The number of aromatic nitrogens is 2. The Kier molecular flexibility index (Phi) is 6.26. The van der Waals surface area contributed by atoms with Crippen LogP contribution in [-0.4, -0.2) is 34.2 Å². The summed E-state index contributed by atoms with van der Waals surface area (Å²) in [5, 5.41) is 10.0. The lowest BCUT2D eigenvalue weighted by molar-refractivity contribution is -0.138. The lowest BCUT2D eigenvalue weighted by Gasteiger charge is -2.11. The summed E-state index contributed by atoms with van der Waals surface area (Å²) in [6.07, 6.45) is -1.98. The Morgan fingerprint density at radius 1 is 1.18 bits per heavy atom. The largest absolute Gasteiger partial charge is 0.481 e. The quantitative estimate of drug-likeness (QED) is 0.357. The van der Waals surface area contributed by atoms with Crippen molar-refractivity contribution >= 4 is 54.5 Å². The summed E-state index contributed by atoms with van der Waals surface area (Å²) in [6.45, 7) is 1.90. The lowest BCUT2D eigenvalue weighted by atomic mass is 10.1. The Labute approximate surface area is 197 Å². The molecule has 0 atom stereocenters. The molecular weight excluding hydrogens is 489 g/mol. The first-order valence-corrected chi connectivity index (χ1v) is 12.6. The minimum atomic E-state index is -4.59. The van der Waals surface area contributed by atoms with Gasteiger partial charge in [0.15, 0.2) is 0 Å². The van der Waals surface area contributed by atoms with Gasteiger partial charge in [0.25, 0.3) is 0 Å². The van der Waals surface area contributed by atoms with Gasteiger partial charge >= 0.3 is 12.1 Å². The van der Waals surface area contributed by atoms with E-state index in [1.807, 2.05) is 25.1 Å². The molecule has 0 aliphatic heterocycles. The van der Waals surface area contributed by atoms with E-state index in [1.165, 1.54) is 23.5 Å². The van der Waals surface area contributed by atoms with Crippen molar-refractivity contribution < 1.29 is 31.5 Å². The summed E-state index contributed by atoms with van der Waals surface area (Å²) in [6, 6.07) is 9.64. The van der Waals surface area contributed by atoms with Crippen molar-refractivity contribution in [1.82, 2.24) is 8.96 Å². The Morgan fingerprint density at radius 3 is 2.65 bits per heavy atom. The number of hydrogen-bond donors (Lipinski definition) is 1. The number of aliphatic carboxylic acids is 1. The number of halogens is 3. The van der Waals surface area contributed by atoms with Crippen molar-refractivity contribution in [2.24, 2.45) is 0 Å². The average Bonchev–Trinajstić information content (AvgIpc) is 3.30. The van der Waals surface area contributed by atoms with E-state index >= 15 is 0 Å². The molecule has 4 aromatic rings. The monoisotopic (exact) mass is 508 g/mol. The van der Waals surface area contributed by atoms with Crippen LogP contribution in [0.4, 0.5) is 13.2 Å². The van der Waals surface area contributed by atoms with E-state index in [2.05, 4.69) is 4.98 Å². The molecule has 1 N–H and O–H groups in total. The van der Waals surface area contributed by atoms with E-state index in [9.17, 15) is 26.4 Å². The minimum absolute atomic E-state index is 0.0725. The molecule has 2 heterocycles. The first-order chi connectivity index (χ1) is 15.9. The van der Waals surface area contributed by atoms with Crippen LogP contribution < -0.4 is 0 Å². The van der Waals surface area contributed by atoms with Crippen LogP contribution in [0.1, 0.15) is 28.2 Å². The third kappa shape index (κ3) is 5.00. The predicted octanol–water partition coefficient (Wildman–Crippen LogP) is 5.49. The molecule has 0 saturated heterocycles. The summed E-state index contributed by atoms with van der Waals surface area (Å²) in [5.74, 6) is -1.56. The van der Waals surface area contributed by atoms with E-state index in [0.717, 1.165) is 43.0 Å². The van der Waals surface area contributed by atoms with Crippen molar-refractivity contribution in [2.75, 3.05) is 5.75 Å². The van der Waals surface area contributed by atoms with Gasteiger partial charge < -0.3 is 5.11 Å². The van der Waals surface area contributed by atoms with Gasteiger partial charge in [-0.05, 0) is 55.3 Å². The summed E-state index contributed by atoms with van der Waals surface area (Å²) >= 11 is 1.52. The minimum Gasteiger partial charge on any atom is -0.481 e. The number of nitrogens with zero attached hydrogens (tertiary/aromatic N) is 2. The van der Waals surface area contributed by atoms with Crippen LogP contribution in [0.25, 0.3) is 27.2 Å². The molecule has 0 unspecified atom stereocenters. The lowest BCUT2D eigenvalue weighted by Crippen LogP contribution is -2.18. The fraction of sp³-hybridized carbons (Fsp3) is 0.217. The highest BCUT2D eigenvalue weighted by Crippen LogP contribution is 2.33. The molecule has 0 aliphatic rings. The zero-order chi connectivity index (χ0) is 24.7. The predicted molar refractivity (Wildman–Crippen MR) is 125 cm³/mol. The van der Waals surface area contributed by atoms with Gasteiger partial charge in [-0.3, -0.25) is 4.79 Å². The molecule has 2 aromatic carbocycles. The molecule has 34 heavy (non-hydrogen) atoms. The highest BCUT2D eigenvalue weighted by Gasteiger charge is 2.31. The first-order valence-electron chi connectivity index (χ1n) is 10.1. The number of carbonyl (C=O) groups is 1. The molecule has 0 fully saturated rings. The van der Waals surface area contributed by atoms with Gasteiger partial charge in [-0.1, -0.05) is 18.2 Å². The molecule has 0 bridgehead atoms. The number of carboxylic acid groups (broad SMARTS) is 1. The Morgan fingerprint density at radius 2 is 1.94 bits per heavy atom. The van der Waals surface area contributed by atoms with Gasteiger partial charge in [-0.2, -0.15) is 13.2 Å². The summed E-state index contributed by atoms with van der Waals surface area (Å²) < 4.78 is 67.7. The number of thiazole rings is 1. The molecule has 0 radical (unpaired) electrons. The standard InChI is InChI=1S/C23H19F3N2O4S2/c1-14-27-19-7-4-15(11-21(19)33-14)3-2-10-34(31,32)28-18(6-9-22(29)30)13-16-12-17(23(24,25)26)5-8-20(16)28/h2-5,7-8,11-13H,6,9-10H2,1H3,(H,29,30). The van der Waals surface area contributed by atoms with Crippen molar-refractivity contribution in [2.45, 2.75) is 25.9 Å². The van der Waals surface area contributed by atoms with Crippen LogP contribution in [0.5, 0.6) is 0 Å². The van der Waals surface area contributed by atoms with Crippen LogP contribution in [0.2, 0.25) is 0 Å². The van der Waals surface area contributed by atoms with Crippen molar-refractivity contribution in [1.29, 1.82) is 0 Å². The highest BCUT2D eigenvalue weighted by atomic mass is 32.2. The molecular formula is C23H19F3N2O4S2. The molecule has 6 nitrogen and oxygen atoms in total. The molecule has 11 heteroatoms. The normalized spacial score (nSPS) is 12.8. The van der Waals surface area contributed by atoms with E-state index in [1.54, 1.807) is 6.08 Å². The molecule has 4 rings (SSSR count). The third-order valence-electron chi connectivity index (χ3n) is 5.17. The molecule has 2 aromatic heterocycles. The van der Waals surface area contributed by atoms with Crippen molar-refractivity contribution in [3.8, 4) is 0 Å². The molecule has 0 amide bonds. The topological polar surface area (TPSA) is 89.3 Å². The Balaban J connectivity index is 1.69. The van der Waals surface area contributed by atoms with E-state index in [0.29, 0.717) is 0 Å². The zero-order valence-corrected chi connectivity index (χ0v) is 19.5. The molecule has 0 aliphatic carbocycles. The van der Waals surface area contributed by atoms with Crippen LogP contribution in [0.15, 0.2) is 48.5 Å². The van der Waals surface area contributed by atoms with E-state index in [-0.39, 0.29) is 29.4 Å². The van der Waals surface area contributed by atoms with E-state index < -0.39 is 33.5 Å². The second-order valence-electron chi connectivity index (χ2n) is 7.71. The average molecular weight is 509 g/mol. The maximum absolute atomic E-state index is 13.2. The smallest absolute Gasteiger partial charge is 0.416 e. The summed E-state index contributed by atoms with van der Waals surface area (Å²) in [4.78, 5) is 15.4. The third-order valence-corrected chi connectivity index (χ3v) is 7.70. The second-order valence-corrected chi connectivity index (χ2v) is 10.8. The van der Waals surface area contributed by atoms with Gasteiger partial charge in [0.05, 0.1) is 38.5 Å². The maximum Gasteiger partial charge on any atom is 0.416 e. The highest BCUT2D eigenvalue weighted by molar-refractivity contribution is 7.90. The maximum atomic E-state index is 13.2. The van der Waals surface area contributed by atoms with Gasteiger partial charge in [0.1, 0.15) is 0 Å².